The third kappa shape index (κ3) is 3.79. The van der Waals surface area contributed by atoms with Crippen molar-refractivity contribution in [1.82, 2.24) is 19.9 Å². The van der Waals surface area contributed by atoms with Crippen molar-refractivity contribution in [2.75, 3.05) is 51.8 Å². The minimum atomic E-state index is 0.328. The quantitative estimate of drug-likeness (QED) is 0.751. The fourth-order valence-corrected chi connectivity index (χ4v) is 1.62. The van der Waals surface area contributed by atoms with E-state index in [9.17, 15) is 0 Å². The third-order valence-electron chi connectivity index (χ3n) is 2.55. The molecule has 1 N–H and O–H groups in total. The van der Waals surface area contributed by atoms with Gasteiger partial charge in [-0.3, -0.25) is 4.90 Å². The van der Waals surface area contributed by atoms with E-state index in [1.165, 1.54) is 13.4 Å². The summed E-state index contributed by atoms with van der Waals surface area (Å²) < 4.78 is 10.2. The molecule has 0 saturated carbocycles. The predicted octanol–water partition coefficient (Wildman–Crippen LogP) is -0.376. The van der Waals surface area contributed by atoms with Crippen LogP contribution < -0.4 is 10.1 Å². The Labute approximate surface area is 100 Å². The van der Waals surface area contributed by atoms with Gasteiger partial charge in [0.1, 0.15) is 6.33 Å². The summed E-state index contributed by atoms with van der Waals surface area (Å²) in [5.74, 6) is 0.546. The average Bonchev–Trinajstić information content (AvgIpc) is 2.40. The highest BCUT2D eigenvalue weighted by atomic mass is 16.5. The predicted molar refractivity (Wildman–Crippen MR) is 62.1 cm³/mol. The maximum absolute atomic E-state index is 5.28. The number of methoxy groups -OCH3 is 1. The number of morpholine rings is 1. The van der Waals surface area contributed by atoms with E-state index in [0.717, 1.165) is 39.4 Å². The topological polar surface area (TPSA) is 72.4 Å². The number of hydrogen-bond acceptors (Lipinski definition) is 7. The Bertz CT molecular complexity index is 343. The maximum Gasteiger partial charge on any atom is 0.320 e. The van der Waals surface area contributed by atoms with Gasteiger partial charge < -0.3 is 14.8 Å². The Hall–Kier alpha value is -1.47. The Balaban J connectivity index is 1.73. The fourth-order valence-electron chi connectivity index (χ4n) is 1.62. The first-order valence-corrected chi connectivity index (χ1v) is 5.65. The molecule has 2 heterocycles. The Morgan fingerprint density at radius 2 is 2.24 bits per heavy atom. The zero-order valence-electron chi connectivity index (χ0n) is 9.93. The Kier molecular flexibility index (Phi) is 4.45. The van der Waals surface area contributed by atoms with Gasteiger partial charge in [0.15, 0.2) is 0 Å². The Morgan fingerprint density at radius 1 is 1.41 bits per heavy atom. The molecule has 94 valence electrons. The molecule has 1 aliphatic heterocycles. The summed E-state index contributed by atoms with van der Waals surface area (Å²) in [6.07, 6.45) is 1.43. The number of rotatable bonds is 5. The molecule has 1 aliphatic rings. The van der Waals surface area contributed by atoms with Crippen molar-refractivity contribution in [3.63, 3.8) is 0 Å². The molecule has 0 unspecified atom stereocenters. The SMILES string of the molecule is COc1ncnc(NCCN2CCOCC2)n1. The zero-order valence-corrected chi connectivity index (χ0v) is 9.93. The first kappa shape index (κ1) is 12.0. The monoisotopic (exact) mass is 239 g/mol. The molecule has 2 rings (SSSR count). The standard InChI is InChI=1S/C10H17N5O2/c1-16-10-13-8-12-9(14-10)11-2-3-15-4-6-17-7-5-15/h8H,2-7H2,1H3,(H,11,12,13,14). The summed E-state index contributed by atoms with van der Waals surface area (Å²) in [7, 11) is 1.53. The van der Waals surface area contributed by atoms with Crippen LogP contribution in [0.25, 0.3) is 0 Å². The highest BCUT2D eigenvalue weighted by Gasteiger charge is 2.09. The van der Waals surface area contributed by atoms with E-state index in [0.29, 0.717) is 12.0 Å². The minimum absolute atomic E-state index is 0.328. The van der Waals surface area contributed by atoms with Crippen LogP contribution in [0.4, 0.5) is 5.95 Å². The van der Waals surface area contributed by atoms with E-state index in [4.69, 9.17) is 9.47 Å². The molecule has 17 heavy (non-hydrogen) atoms. The van der Waals surface area contributed by atoms with Crippen molar-refractivity contribution in [1.29, 1.82) is 0 Å². The van der Waals surface area contributed by atoms with Gasteiger partial charge in [-0.15, -0.1) is 0 Å². The molecular weight excluding hydrogens is 222 g/mol. The lowest BCUT2D eigenvalue weighted by Gasteiger charge is -2.26. The molecule has 0 amide bonds. The molecule has 7 nitrogen and oxygen atoms in total. The van der Waals surface area contributed by atoms with Gasteiger partial charge in [0.25, 0.3) is 0 Å². The maximum atomic E-state index is 5.28. The smallest absolute Gasteiger partial charge is 0.320 e. The lowest BCUT2D eigenvalue weighted by Crippen LogP contribution is -2.39. The van der Waals surface area contributed by atoms with Gasteiger partial charge in [0, 0.05) is 26.2 Å². The highest BCUT2D eigenvalue weighted by molar-refractivity contribution is 5.23. The van der Waals surface area contributed by atoms with Crippen molar-refractivity contribution in [2.45, 2.75) is 0 Å². The molecule has 0 spiro atoms. The fraction of sp³-hybridized carbons (Fsp3) is 0.700. The van der Waals surface area contributed by atoms with Gasteiger partial charge >= 0.3 is 6.01 Å². The van der Waals surface area contributed by atoms with Crippen LogP contribution in [0.1, 0.15) is 0 Å². The largest absolute Gasteiger partial charge is 0.467 e. The number of anilines is 1. The molecule has 0 aliphatic carbocycles. The lowest BCUT2D eigenvalue weighted by molar-refractivity contribution is 0.0398. The highest BCUT2D eigenvalue weighted by Crippen LogP contribution is 2.03. The van der Waals surface area contributed by atoms with Crippen LogP contribution in [0.5, 0.6) is 6.01 Å². The van der Waals surface area contributed by atoms with Gasteiger partial charge in [0.05, 0.1) is 20.3 Å². The van der Waals surface area contributed by atoms with Gasteiger partial charge in [-0.05, 0) is 0 Å². The second kappa shape index (κ2) is 6.31. The summed E-state index contributed by atoms with van der Waals surface area (Å²) in [5.41, 5.74) is 0. The lowest BCUT2D eigenvalue weighted by atomic mass is 10.4. The molecule has 0 bridgehead atoms. The van der Waals surface area contributed by atoms with E-state index < -0.39 is 0 Å². The van der Waals surface area contributed by atoms with Crippen molar-refractivity contribution in [2.24, 2.45) is 0 Å². The van der Waals surface area contributed by atoms with Gasteiger partial charge in [0.2, 0.25) is 5.95 Å². The van der Waals surface area contributed by atoms with Crippen LogP contribution >= 0.6 is 0 Å². The number of ether oxygens (including phenoxy) is 2. The molecule has 0 radical (unpaired) electrons. The normalized spacial score (nSPS) is 16.8. The molecular formula is C10H17N5O2. The summed E-state index contributed by atoms with van der Waals surface area (Å²) in [6, 6.07) is 0.328. The van der Waals surface area contributed by atoms with Crippen LogP contribution in [-0.2, 0) is 4.74 Å². The summed E-state index contributed by atoms with van der Waals surface area (Å²) in [6.45, 7) is 5.37. The number of nitrogens with one attached hydrogen (secondary N) is 1. The van der Waals surface area contributed by atoms with Crippen molar-refractivity contribution in [3.05, 3.63) is 6.33 Å². The number of aromatic nitrogens is 3. The van der Waals surface area contributed by atoms with E-state index in [2.05, 4.69) is 25.2 Å². The van der Waals surface area contributed by atoms with Gasteiger partial charge in [-0.1, -0.05) is 0 Å². The van der Waals surface area contributed by atoms with Crippen molar-refractivity contribution >= 4 is 5.95 Å². The van der Waals surface area contributed by atoms with Gasteiger partial charge in [-0.2, -0.15) is 9.97 Å². The first-order valence-electron chi connectivity index (χ1n) is 5.65. The van der Waals surface area contributed by atoms with Crippen LogP contribution in [-0.4, -0.2) is 66.4 Å². The average molecular weight is 239 g/mol. The van der Waals surface area contributed by atoms with Crippen molar-refractivity contribution in [3.8, 4) is 6.01 Å². The minimum Gasteiger partial charge on any atom is -0.467 e. The van der Waals surface area contributed by atoms with Crippen LogP contribution in [0.3, 0.4) is 0 Å². The van der Waals surface area contributed by atoms with Crippen LogP contribution in [0, 0.1) is 0 Å². The molecule has 1 fully saturated rings. The summed E-state index contributed by atoms with van der Waals surface area (Å²) in [5, 5.41) is 3.14. The van der Waals surface area contributed by atoms with Gasteiger partial charge in [-0.25, -0.2) is 4.98 Å². The first-order chi connectivity index (χ1) is 8.38. The van der Waals surface area contributed by atoms with Crippen molar-refractivity contribution < 1.29 is 9.47 Å². The molecule has 1 aromatic rings. The summed E-state index contributed by atoms with van der Waals surface area (Å²) in [4.78, 5) is 14.3. The molecule has 7 heteroatoms. The number of hydrogen-bond donors (Lipinski definition) is 1. The second-order valence-corrected chi connectivity index (χ2v) is 3.68. The molecule has 1 aromatic heterocycles. The zero-order chi connectivity index (χ0) is 11.9. The molecule has 0 aromatic carbocycles. The van der Waals surface area contributed by atoms with Crippen LogP contribution in [0.15, 0.2) is 6.33 Å². The number of nitrogens with zero attached hydrogens (tertiary/aromatic N) is 4. The summed E-state index contributed by atoms with van der Waals surface area (Å²) >= 11 is 0. The van der Waals surface area contributed by atoms with E-state index >= 15 is 0 Å². The van der Waals surface area contributed by atoms with Crippen LogP contribution in [0.2, 0.25) is 0 Å². The molecule has 0 atom stereocenters. The van der Waals surface area contributed by atoms with E-state index in [1.54, 1.807) is 0 Å². The third-order valence-corrected chi connectivity index (χ3v) is 2.55. The molecule has 1 saturated heterocycles. The van der Waals surface area contributed by atoms with E-state index in [-0.39, 0.29) is 0 Å². The van der Waals surface area contributed by atoms with E-state index in [1.807, 2.05) is 0 Å². The second-order valence-electron chi connectivity index (χ2n) is 3.68. The Morgan fingerprint density at radius 3 is 3.00 bits per heavy atom.